The highest BCUT2D eigenvalue weighted by Gasteiger charge is 2.15. The first-order valence-corrected chi connectivity index (χ1v) is 10.2. The Hall–Kier alpha value is -0.160. The van der Waals surface area contributed by atoms with Crippen molar-refractivity contribution in [2.45, 2.75) is 67.7 Å². The molecular weight excluding hydrogens is 312 g/mol. The van der Waals surface area contributed by atoms with E-state index in [0.717, 1.165) is 45.9 Å². The van der Waals surface area contributed by atoms with Crippen molar-refractivity contribution < 1.29 is 9.84 Å². The van der Waals surface area contributed by atoms with Crippen molar-refractivity contribution >= 4 is 0 Å². The molecule has 1 N–H and O–H groups in total. The number of morpholine rings is 1. The molecule has 1 rings (SSSR count). The van der Waals surface area contributed by atoms with Crippen molar-refractivity contribution in [1.29, 1.82) is 0 Å². The number of ether oxygens (including phenoxy) is 1. The van der Waals surface area contributed by atoms with E-state index in [1.54, 1.807) is 0 Å². The molecule has 0 unspecified atom stereocenters. The summed E-state index contributed by atoms with van der Waals surface area (Å²) in [6.07, 6.45) is 3.66. The van der Waals surface area contributed by atoms with Crippen molar-refractivity contribution in [1.82, 2.24) is 9.80 Å². The Labute approximate surface area is 157 Å². The van der Waals surface area contributed by atoms with Crippen LogP contribution in [0.2, 0.25) is 0 Å². The summed E-state index contributed by atoms with van der Waals surface area (Å²) in [5.41, 5.74) is 0.875. The van der Waals surface area contributed by atoms with Crippen LogP contribution >= 0.6 is 0 Å². The third kappa shape index (κ3) is 17.0. The predicted octanol–water partition coefficient (Wildman–Crippen LogP) is 3.88. The van der Waals surface area contributed by atoms with Gasteiger partial charge in [0.05, 0.1) is 19.8 Å². The van der Waals surface area contributed by atoms with Gasteiger partial charge in [0.2, 0.25) is 0 Å². The number of nitrogens with zero attached hydrogens (tertiary/aromatic N) is 2. The fraction of sp³-hybridized carbons (Fsp3) is 1.00. The van der Waals surface area contributed by atoms with Crippen molar-refractivity contribution in [3.05, 3.63) is 0 Å². The molecule has 0 amide bonds. The van der Waals surface area contributed by atoms with Gasteiger partial charge in [-0.1, -0.05) is 48.5 Å². The van der Waals surface area contributed by atoms with Gasteiger partial charge >= 0.3 is 0 Å². The van der Waals surface area contributed by atoms with E-state index in [2.05, 4.69) is 58.3 Å². The zero-order chi connectivity index (χ0) is 19.3. The summed E-state index contributed by atoms with van der Waals surface area (Å²) in [5, 5.41) is 8.85. The zero-order valence-electron chi connectivity index (χ0n) is 18.2. The van der Waals surface area contributed by atoms with E-state index in [-0.39, 0.29) is 6.61 Å². The molecule has 1 heterocycles. The topological polar surface area (TPSA) is 35.9 Å². The number of rotatable bonds is 8. The van der Waals surface area contributed by atoms with Gasteiger partial charge in [-0.2, -0.15) is 0 Å². The molecule has 0 aromatic rings. The molecule has 0 aliphatic carbocycles. The van der Waals surface area contributed by atoms with E-state index in [1.165, 1.54) is 25.8 Å². The molecule has 1 fully saturated rings. The highest BCUT2D eigenvalue weighted by molar-refractivity contribution is 4.68. The lowest BCUT2D eigenvalue weighted by molar-refractivity contribution is 0.0333. The van der Waals surface area contributed by atoms with Crippen molar-refractivity contribution in [2.75, 3.05) is 59.1 Å². The van der Waals surface area contributed by atoms with Crippen LogP contribution in [0, 0.1) is 10.8 Å². The molecule has 0 bridgehead atoms. The van der Waals surface area contributed by atoms with E-state index in [9.17, 15) is 0 Å². The van der Waals surface area contributed by atoms with Gasteiger partial charge in [0, 0.05) is 19.6 Å². The van der Waals surface area contributed by atoms with E-state index >= 15 is 0 Å². The molecule has 0 radical (unpaired) electrons. The Balaban J connectivity index is 0.000000462. The SMILES string of the molecule is CC(C)(C)CCN1CCOCC1.CCCN(CCO)CCC(C)(C)C. The molecule has 1 aliphatic rings. The molecule has 25 heavy (non-hydrogen) atoms. The maximum Gasteiger partial charge on any atom is 0.0594 e. The van der Waals surface area contributed by atoms with Crippen LogP contribution in [0.15, 0.2) is 0 Å². The molecule has 0 aromatic heterocycles. The summed E-state index contributed by atoms with van der Waals surface area (Å²) in [6.45, 7) is 24.5. The van der Waals surface area contributed by atoms with Crippen molar-refractivity contribution in [3.63, 3.8) is 0 Å². The molecule has 0 spiro atoms. The Morgan fingerprint density at radius 3 is 1.88 bits per heavy atom. The highest BCUT2D eigenvalue weighted by atomic mass is 16.5. The first-order valence-electron chi connectivity index (χ1n) is 10.2. The Bertz CT molecular complexity index is 296. The first-order chi connectivity index (χ1) is 11.6. The zero-order valence-corrected chi connectivity index (χ0v) is 18.2. The van der Waals surface area contributed by atoms with Gasteiger partial charge in [-0.3, -0.25) is 4.90 Å². The van der Waals surface area contributed by atoms with Crippen LogP contribution in [-0.4, -0.2) is 74.0 Å². The monoisotopic (exact) mass is 358 g/mol. The summed E-state index contributed by atoms with van der Waals surface area (Å²) in [5.74, 6) is 0. The maximum atomic E-state index is 8.85. The lowest BCUT2D eigenvalue weighted by Crippen LogP contribution is -2.37. The summed E-state index contributed by atoms with van der Waals surface area (Å²) in [7, 11) is 0. The van der Waals surface area contributed by atoms with E-state index in [0.29, 0.717) is 10.8 Å². The average molecular weight is 359 g/mol. The largest absolute Gasteiger partial charge is 0.395 e. The van der Waals surface area contributed by atoms with Crippen LogP contribution in [0.5, 0.6) is 0 Å². The van der Waals surface area contributed by atoms with Crippen LogP contribution in [0.25, 0.3) is 0 Å². The minimum atomic E-state index is 0.282. The lowest BCUT2D eigenvalue weighted by atomic mass is 9.92. The molecule has 0 aromatic carbocycles. The highest BCUT2D eigenvalue weighted by Crippen LogP contribution is 2.19. The summed E-state index contributed by atoms with van der Waals surface area (Å²) < 4.78 is 5.29. The number of aliphatic hydroxyl groups excluding tert-OH is 1. The van der Waals surface area contributed by atoms with Gasteiger partial charge in [0.15, 0.2) is 0 Å². The van der Waals surface area contributed by atoms with Gasteiger partial charge in [-0.15, -0.1) is 0 Å². The Morgan fingerprint density at radius 2 is 1.44 bits per heavy atom. The van der Waals surface area contributed by atoms with Crippen molar-refractivity contribution in [2.24, 2.45) is 10.8 Å². The van der Waals surface area contributed by atoms with Crippen LogP contribution < -0.4 is 0 Å². The second-order valence-electron chi connectivity index (χ2n) is 9.64. The molecule has 4 nitrogen and oxygen atoms in total. The van der Waals surface area contributed by atoms with E-state index < -0.39 is 0 Å². The maximum absolute atomic E-state index is 8.85. The minimum Gasteiger partial charge on any atom is -0.395 e. The van der Waals surface area contributed by atoms with Crippen LogP contribution in [0.1, 0.15) is 67.7 Å². The Kier molecular flexibility index (Phi) is 13.0. The second-order valence-corrected chi connectivity index (χ2v) is 9.64. The van der Waals surface area contributed by atoms with Gasteiger partial charge in [-0.05, 0) is 49.7 Å². The lowest BCUT2D eigenvalue weighted by Gasteiger charge is -2.29. The third-order valence-corrected chi connectivity index (χ3v) is 4.42. The summed E-state index contributed by atoms with van der Waals surface area (Å²) >= 11 is 0. The normalized spacial score (nSPS) is 16.7. The third-order valence-electron chi connectivity index (χ3n) is 4.42. The number of hydrogen-bond acceptors (Lipinski definition) is 4. The smallest absolute Gasteiger partial charge is 0.0594 e. The molecular formula is C21H46N2O2. The standard InChI is InChI=1S/C11H25NO.C10H21NO/c1-5-7-12(9-10-13)8-6-11(2,3)4;1-10(2,3)4-5-11-6-8-12-9-7-11/h13H,5-10H2,1-4H3;4-9H2,1-3H3. The van der Waals surface area contributed by atoms with Crippen molar-refractivity contribution in [3.8, 4) is 0 Å². The van der Waals surface area contributed by atoms with Gasteiger partial charge in [0.25, 0.3) is 0 Å². The molecule has 1 aliphatic heterocycles. The van der Waals surface area contributed by atoms with Gasteiger partial charge in [0.1, 0.15) is 0 Å². The minimum absolute atomic E-state index is 0.282. The Morgan fingerprint density at radius 1 is 0.880 bits per heavy atom. The van der Waals surface area contributed by atoms with E-state index in [1.807, 2.05) is 0 Å². The molecule has 0 atom stereocenters. The fourth-order valence-electron chi connectivity index (χ4n) is 2.60. The average Bonchev–Trinajstić information content (AvgIpc) is 2.51. The van der Waals surface area contributed by atoms with Crippen LogP contribution in [0.4, 0.5) is 0 Å². The summed E-state index contributed by atoms with van der Waals surface area (Å²) in [6, 6.07) is 0. The molecule has 0 saturated carbocycles. The molecule has 1 saturated heterocycles. The second kappa shape index (κ2) is 13.1. The first kappa shape index (κ1) is 24.8. The predicted molar refractivity (Wildman–Crippen MR) is 109 cm³/mol. The van der Waals surface area contributed by atoms with E-state index in [4.69, 9.17) is 9.84 Å². The van der Waals surface area contributed by atoms with Crippen LogP contribution in [0.3, 0.4) is 0 Å². The molecule has 4 heteroatoms. The molecule has 152 valence electrons. The number of hydrogen-bond donors (Lipinski definition) is 1. The van der Waals surface area contributed by atoms with Crippen LogP contribution in [-0.2, 0) is 4.74 Å². The van der Waals surface area contributed by atoms with Gasteiger partial charge in [-0.25, -0.2) is 0 Å². The number of aliphatic hydroxyl groups is 1. The van der Waals surface area contributed by atoms with Gasteiger partial charge < -0.3 is 14.7 Å². The quantitative estimate of drug-likeness (QED) is 0.714. The fourth-order valence-corrected chi connectivity index (χ4v) is 2.60. The summed E-state index contributed by atoms with van der Waals surface area (Å²) in [4.78, 5) is 4.83.